The van der Waals surface area contributed by atoms with Crippen molar-refractivity contribution in [1.29, 1.82) is 0 Å². The van der Waals surface area contributed by atoms with E-state index in [1.165, 1.54) is 19.5 Å². The first-order chi connectivity index (χ1) is 12.5. The minimum Gasteiger partial charge on any atom is -0.469 e. The Morgan fingerprint density at radius 1 is 1.33 bits per heavy atom. The number of amides is 1. The smallest absolute Gasteiger partial charge is 0.308 e. The van der Waals surface area contributed by atoms with Gasteiger partial charge in [-0.15, -0.1) is 18.8 Å². The zero-order chi connectivity index (χ0) is 18.9. The fourth-order valence-corrected chi connectivity index (χ4v) is 2.01. The molecule has 3 N–H and O–H groups in total. The number of nitrogens with zero attached hydrogens (tertiary/aromatic N) is 2. The Balaban J connectivity index is 0.00000364. The van der Waals surface area contributed by atoms with E-state index in [1.54, 1.807) is 24.3 Å². The molecular formula is C18H19ClN4O4. The van der Waals surface area contributed by atoms with Crippen LogP contribution < -0.4 is 15.8 Å². The maximum absolute atomic E-state index is 12.3. The van der Waals surface area contributed by atoms with Crippen LogP contribution in [0.25, 0.3) is 0 Å². The van der Waals surface area contributed by atoms with Crippen LogP contribution in [0.1, 0.15) is 22.5 Å². The monoisotopic (exact) mass is 390 g/mol. The number of methoxy groups -OCH3 is 1. The van der Waals surface area contributed by atoms with Gasteiger partial charge in [-0.3, -0.25) is 9.59 Å². The Bertz CT molecular complexity index is 838. The molecule has 0 fully saturated rings. The average Bonchev–Trinajstić information content (AvgIpc) is 2.67. The van der Waals surface area contributed by atoms with Crippen molar-refractivity contribution < 1.29 is 19.1 Å². The van der Waals surface area contributed by atoms with Gasteiger partial charge in [-0.1, -0.05) is 12.0 Å². The second kappa shape index (κ2) is 10.8. The number of aromatic nitrogens is 2. The number of carbonyl (C=O) groups excluding carboxylic acids is 2. The molecule has 0 bridgehead atoms. The van der Waals surface area contributed by atoms with Gasteiger partial charge in [-0.05, 0) is 18.2 Å². The lowest BCUT2D eigenvalue weighted by molar-refractivity contribution is -0.140. The number of halogens is 1. The number of benzene rings is 1. The minimum atomic E-state index is -0.770. The zero-order valence-electron chi connectivity index (χ0n) is 14.5. The van der Waals surface area contributed by atoms with E-state index in [1.807, 2.05) is 0 Å². The van der Waals surface area contributed by atoms with Gasteiger partial charge in [-0.25, -0.2) is 9.97 Å². The molecule has 0 aliphatic heterocycles. The molecular weight excluding hydrogens is 372 g/mol. The number of ether oxygens (including phenoxy) is 2. The van der Waals surface area contributed by atoms with Gasteiger partial charge in [0.05, 0.1) is 19.2 Å². The highest BCUT2D eigenvalue weighted by Gasteiger charge is 2.16. The normalized spacial score (nSPS) is 10.7. The summed E-state index contributed by atoms with van der Waals surface area (Å²) in [6, 6.07) is 7.30. The number of nitrogens with two attached hydrogens (primary N) is 1. The lowest BCUT2D eigenvalue weighted by atomic mass is 10.1. The number of hydrogen-bond donors (Lipinski definition) is 2. The Labute approximate surface area is 162 Å². The largest absolute Gasteiger partial charge is 0.469 e. The number of esters is 1. The molecule has 1 atom stereocenters. The summed E-state index contributed by atoms with van der Waals surface area (Å²) in [5.74, 6) is 2.11. The summed E-state index contributed by atoms with van der Waals surface area (Å²) in [6.07, 6.45) is 6.57. The first kappa shape index (κ1) is 21.9. The highest BCUT2D eigenvalue weighted by molar-refractivity contribution is 5.95. The molecule has 0 radical (unpaired) electrons. The molecule has 1 heterocycles. The van der Waals surface area contributed by atoms with Crippen LogP contribution in [0.3, 0.4) is 0 Å². The average molecular weight is 391 g/mol. The fourth-order valence-electron chi connectivity index (χ4n) is 2.01. The highest BCUT2D eigenvalue weighted by Crippen LogP contribution is 2.20. The molecule has 2 rings (SSSR count). The van der Waals surface area contributed by atoms with Gasteiger partial charge in [0.1, 0.15) is 18.1 Å². The fraction of sp³-hybridized carbons (Fsp3) is 0.222. The Kier molecular flexibility index (Phi) is 8.72. The number of hydrogen-bond acceptors (Lipinski definition) is 7. The third-order valence-electron chi connectivity index (χ3n) is 3.33. The van der Waals surface area contributed by atoms with Crippen LogP contribution in [0.4, 0.5) is 0 Å². The molecule has 8 nitrogen and oxygen atoms in total. The summed E-state index contributed by atoms with van der Waals surface area (Å²) in [5.41, 5.74) is 6.48. The van der Waals surface area contributed by atoms with Gasteiger partial charge in [-0.2, -0.15) is 0 Å². The molecule has 1 amide bonds. The quantitative estimate of drug-likeness (QED) is 0.542. The van der Waals surface area contributed by atoms with E-state index in [0.29, 0.717) is 22.9 Å². The summed E-state index contributed by atoms with van der Waals surface area (Å²) in [5, 5.41) is 2.58. The van der Waals surface area contributed by atoms with Crippen molar-refractivity contribution in [2.75, 3.05) is 7.11 Å². The topological polar surface area (TPSA) is 116 Å². The van der Waals surface area contributed by atoms with Crippen LogP contribution in [0.5, 0.6) is 11.6 Å². The Morgan fingerprint density at radius 2 is 2.11 bits per heavy atom. The third-order valence-corrected chi connectivity index (χ3v) is 3.33. The molecule has 2 aromatic rings. The van der Waals surface area contributed by atoms with E-state index >= 15 is 0 Å². The number of nitrogens with one attached hydrogen (secondary N) is 1. The van der Waals surface area contributed by atoms with Gasteiger partial charge in [0.2, 0.25) is 5.88 Å². The molecule has 142 valence electrons. The van der Waals surface area contributed by atoms with Gasteiger partial charge >= 0.3 is 5.97 Å². The van der Waals surface area contributed by atoms with Crippen LogP contribution in [0, 0.1) is 12.3 Å². The lowest BCUT2D eigenvalue weighted by Gasteiger charge is -2.12. The summed E-state index contributed by atoms with van der Waals surface area (Å²) in [6.45, 7) is 0.259. The van der Waals surface area contributed by atoms with E-state index in [0.717, 1.165) is 0 Å². The molecule has 0 spiro atoms. The summed E-state index contributed by atoms with van der Waals surface area (Å²) in [4.78, 5) is 31.6. The number of terminal acetylenes is 1. The molecule has 0 saturated carbocycles. The molecule has 27 heavy (non-hydrogen) atoms. The number of rotatable bonds is 7. The first-order valence-electron chi connectivity index (χ1n) is 7.68. The van der Waals surface area contributed by atoms with Crippen molar-refractivity contribution in [3.63, 3.8) is 0 Å². The zero-order valence-corrected chi connectivity index (χ0v) is 15.4. The Hall–Kier alpha value is -3.15. The van der Waals surface area contributed by atoms with Crippen LogP contribution in [-0.2, 0) is 16.1 Å². The van der Waals surface area contributed by atoms with Gasteiger partial charge < -0.3 is 20.5 Å². The standard InChI is InChI=1S/C18H18N4O4.ClH/c1-3-13(9-17(23)25-2)22-18(24)12-5-4-6-15(7-12)26-16-8-14(10-19)20-11-21-16;/h1,4-8,11,13H,9-10,19H2,2H3,(H,22,24);1H/t13-;/m0./s1. The maximum atomic E-state index is 12.3. The van der Waals surface area contributed by atoms with E-state index < -0.39 is 17.9 Å². The van der Waals surface area contributed by atoms with Crippen molar-refractivity contribution in [3.05, 3.63) is 47.9 Å². The maximum Gasteiger partial charge on any atom is 0.308 e. The van der Waals surface area contributed by atoms with Gasteiger partial charge in [0.15, 0.2) is 0 Å². The Morgan fingerprint density at radius 3 is 2.78 bits per heavy atom. The molecule has 9 heteroatoms. The van der Waals surface area contributed by atoms with Crippen molar-refractivity contribution in [3.8, 4) is 24.0 Å². The predicted molar refractivity (Wildman–Crippen MR) is 100 cm³/mol. The first-order valence-corrected chi connectivity index (χ1v) is 7.68. The second-order valence-electron chi connectivity index (χ2n) is 5.15. The van der Waals surface area contributed by atoms with Gasteiger partial charge in [0.25, 0.3) is 5.91 Å². The van der Waals surface area contributed by atoms with Gasteiger partial charge in [0, 0.05) is 18.2 Å². The molecule has 1 aromatic carbocycles. The SMILES string of the molecule is C#C[C@@H](CC(=O)OC)NC(=O)c1cccc(Oc2cc(CN)ncn2)c1.Cl. The molecule has 0 aliphatic rings. The summed E-state index contributed by atoms with van der Waals surface area (Å²) >= 11 is 0. The van der Waals surface area contributed by atoms with Crippen molar-refractivity contribution in [2.24, 2.45) is 5.73 Å². The second-order valence-corrected chi connectivity index (χ2v) is 5.15. The summed E-state index contributed by atoms with van der Waals surface area (Å²) < 4.78 is 10.2. The van der Waals surface area contributed by atoms with E-state index in [4.69, 9.17) is 16.9 Å². The number of carbonyl (C=O) groups is 2. The van der Waals surface area contributed by atoms with E-state index in [2.05, 4.69) is 25.9 Å². The van der Waals surface area contributed by atoms with Crippen LogP contribution >= 0.6 is 12.4 Å². The van der Waals surface area contributed by atoms with E-state index in [-0.39, 0.29) is 25.4 Å². The predicted octanol–water partition coefficient (Wildman–Crippen LogP) is 1.44. The van der Waals surface area contributed by atoms with E-state index in [9.17, 15) is 9.59 Å². The minimum absolute atomic E-state index is 0. The molecule has 1 aromatic heterocycles. The lowest BCUT2D eigenvalue weighted by Crippen LogP contribution is -2.35. The van der Waals surface area contributed by atoms with Crippen LogP contribution in [-0.4, -0.2) is 35.0 Å². The summed E-state index contributed by atoms with van der Waals surface area (Å²) in [7, 11) is 1.25. The van der Waals surface area contributed by atoms with Crippen molar-refractivity contribution in [1.82, 2.24) is 15.3 Å². The third kappa shape index (κ3) is 6.58. The van der Waals surface area contributed by atoms with Crippen LogP contribution in [0.15, 0.2) is 36.7 Å². The van der Waals surface area contributed by atoms with Crippen molar-refractivity contribution >= 4 is 24.3 Å². The van der Waals surface area contributed by atoms with Crippen molar-refractivity contribution in [2.45, 2.75) is 19.0 Å². The molecule has 0 saturated heterocycles. The highest BCUT2D eigenvalue weighted by atomic mass is 35.5. The molecule has 0 unspecified atom stereocenters. The van der Waals surface area contributed by atoms with Crippen LogP contribution in [0.2, 0.25) is 0 Å². The molecule has 0 aliphatic carbocycles.